The lowest BCUT2D eigenvalue weighted by molar-refractivity contribution is -0.116. The lowest BCUT2D eigenvalue weighted by Gasteiger charge is -2.14. The first-order chi connectivity index (χ1) is 13.1. The van der Waals surface area contributed by atoms with Crippen molar-refractivity contribution in [3.63, 3.8) is 0 Å². The van der Waals surface area contributed by atoms with Crippen LogP contribution in [0.25, 0.3) is 17.0 Å². The van der Waals surface area contributed by atoms with E-state index in [0.717, 1.165) is 16.5 Å². The van der Waals surface area contributed by atoms with Crippen molar-refractivity contribution in [2.24, 2.45) is 0 Å². The number of hydrogen-bond donors (Lipinski definition) is 1. The zero-order valence-electron chi connectivity index (χ0n) is 15.4. The summed E-state index contributed by atoms with van der Waals surface area (Å²) in [6.07, 6.45) is 3.08. The monoisotopic (exact) mass is 367 g/mol. The van der Waals surface area contributed by atoms with Crippen LogP contribution in [0, 0.1) is 0 Å². The van der Waals surface area contributed by atoms with E-state index in [1.165, 1.54) is 6.08 Å². The van der Waals surface area contributed by atoms with Crippen LogP contribution >= 0.6 is 0 Å². The zero-order chi connectivity index (χ0) is 19.2. The molecule has 2 aromatic carbocycles. The molecule has 1 aromatic heterocycles. The van der Waals surface area contributed by atoms with E-state index in [2.05, 4.69) is 5.32 Å². The minimum Gasteiger partial charge on any atom is -0.493 e. The Morgan fingerprint density at radius 3 is 2.37 bits per heavy atom. The number of nitrogens with one attached hydrogen (secondary N) is 1. The normalized spacial score (nSPS) is 10.9. The van der Waals surface area contributed by atoms with Gasteiger partial charge in [-0.1, -0.05) is 18.2 Å². The Morgan fingerprint density at radius 2 is 1.74 bits per heavy atom. The molecule has 3 rings (SSSR count). The van der Waals surface area contributed by atoms with Gasteiger partial charge in [-0.2, -0.15) is 0 Å². The summed E-state index contributed by atoms with van der Waals surface area (Å²) in [4.78, 5) is 12.1. The van der Waals surface area contributed by atoms with Crippen molar-refractivity contribution in [3.05, 3.63) is 59.9 Å². The number of carbonyl (C=O) groups excluding carboxylic acids is 1. The third-order valence-electron chi connectivity index (χ3n) is 4.03. The minimum atomic E-state index is -0.232. The Balaban J connectivity index is 1.66. The average molecular weight is 367 g/mol. The molecule has 1 heterocycles. The summed E-state index contributed by atoms with van der Waals surface area (Å²) in [5.41, 5.74) is 1.62. The fourth-order valence-electron chi connectivity index (χ4n) is 2.73. The molecule has 0 aliphatic carbocycles. The summed E-state index contributed by atoms with van der Waals surface area (Å²) in [5.74, 6) is 1.99. The molecule has 0 spiro atoms. The number of furan rings is 1. The first-order valence-electron chi connectivity index (χ1n) is 8.38. The summed E-state index contributed by atoms with van der Waals surface area (Å²) in [5, 5.41) is 3.82. The SMILES string of the molecule is COc1cc(CNC(=O)/C=C/c2cc3ccccc3o2)cc(OC)c1OC. The molecular formula is C21H21NO5. The van der Waals surface area contributed by atoms with Gasteiger partial charge in [-0.05, 0) is 35.9 Å². The van der Waals surface area contributed by atoms with Gasteiger partial charge in [0.1, 0.15) is 11.3 Å². The zero-order valence-corrected chi connectivity index (χ0v) is 15.4. The molecule has 0 bridgehead atoms. The van der Waals surface area contributed by atoms with E-state index in [4.69, 9.17) is 18.6 Å². The van der Waals surface area contributed by atoms with Gasteiger partial charge in [-0.3, -0.25) is 4.79 Å². The fourth-order valence-corrected chi connectivity index (χ4v) is 2.73. The first kappa shape index (κ1) is 18.4. The second-order valence-corrected chi connectivity index (χ2v) is 5.77. The third-order valence-corrected chi connectivity index (χ3v) is 4.03. The predicted octanol–water partition coefficient (Wildman–Crippen LogP) is 3.79. The average Bonchev–Trinajstić information content (AvgIpc) is 3.12. The summed E-state index contributed by atoms with van der Waals surface area (Å²) >= 11 is 0. The van der Waals surface area contributed by atoms with Crippen LogP contribution in [0.4, 0.5) is 0 Å². The number of benzene rings is 2. The van der Waals surface area contributed by atoms with Gasteiger partial charge in [0.05, 0.1) is 21.3 Å². The third kappa shape index (κ3) is 4.23. The molecule has 0 unspecified atom stereocenters. The van der Waals surface area contributed by atoms with Gasteiger partial charge in [-0.25, -0.2) is 0 Å². The molecule has 0 aliphatic rings. The largest absolute Gasteiger partial charge is 0.493 e. The first-order valence-corrected chi connectivity index (χ1v) is 8.38. The maximum Gasteiger partial charge on any atom is 0.244 e. The number of methoxy groups -OCH3 is 3. The van der Waals surface area contributed by atoms with Gasteiger partial charge in [0, 0.05) is 18.0 Å². The summed E-state index contributed by atoms with van der Waals surface area (Å²) in [6.45, 7) is 0.319. The van der Waals surface area contributed by atoms with E-state index in [1.54, 1.807) is 39.5 Å². The maximum atomic E-state index is 12.1. The van der Waals surface area contributed by atoms with E-state index in [1.807, 2.05) is 30.3 Å². The van der Waals surface area contributed by atoms with Gasteiger partial charge in [-0.15, -0.1) is 0 Å². The molecular weight excluding hydrogens is 346 g/mol. The maximum absolute atomic E-state index is 12.1. The molecule has 3 aromatic rings. The molecule has 6 heteroatoms. The predicted molar refractivity (Wildman–Crippen MR) is 103 cm³/mol. The van der Waals surface area contributed by atoms with Crippen LogP contribution in [0.2, 0.25) is 0 Å². The Kier molecular flexibility index (Phi) is 5.66. The number of hydrogen-bond acceptors (Lipinski definition) is 5. The number of carbonyl (C=O) groups is 1. The molecule has 0 saturated heterocycles. The second-order valence-electron chi connectivity index (χ2n) is 5.77. The summed E-state index contributed by atoms with van der Waals surface area (Å²) in [7, 11) is 4.65. The number of para-hydroxylation sites is 1. The van der Waals surface area contributed by atoms with Crippen LogP contribution in [-0.2, 0) is 11.3 Å². The Morgan fingerprint density at radius 1 is 1.04 bits per heavy atom. The smallest absolute Gasteiger partial charge is 0.244 e. The van der Waals surface area contributed by atoms with E-state index >= 15 is 0 Å². The quantitative estimate of drug-likeness (QED) is 0.644. The molecule has 0 aliphatic heterocycles. The van der Waals surface area contributed by atoms with E-state index < -0.39 is 0 Å². The van der Waals surface area contributed by atoms with Crippen LogP contribution < -0.4 is 19.5 Å². The van der Waals surface area contributed by atoms with Gasteiger partial charge in [0.2, 0.25) is 11.7 Å². The second kappa shape index (κ2) is 8.31. The van der Waals surface area contributed by atoms with Crippen LogP contribution in [0.5, 0.6) is 17.2 Å². The molecule has 0 atom stereocenters. The highest BCUT2D eigenvalue weighted by Gasteiger charge is 2.13. The van der Waals surface area contributed by atoms with Gasteiger partial charge in [0.25, 0.3) is 0 Å². The van der Waals surface area contributed by atoms with Crippen molar-refractivity contribution in [2.45, 2.75) is 6.54 Å². The highest BCUT2D eigenvalue weighted by molar-refractivity contribution is 5.92. The van der Waals surface area contributed by atoms with Crippen LogP contribution in [0.3, 0.4) is 0 Å². The molecule has 140 valence electrons. The van der Waals surface area contributed by atoms with Crippen molar-refractivity contribution in [2.75, 3.05) is 21.3 Å². The number of rotatable bonds is 7. The topological polar surface area (TPSA) is 69.9 Å². The van der Waals surface area contributed by atoms with E-state index in [9.17, 15) is 4.79 Å². The van der Waals surface area contributed by atoms with Crippen LogP contribution in [-0.4, -0.2) is 27.2 Å². The molecule has 0 radical (unpaired) electrons. The molecule has 1 amide bonds. The van der Waals surface area contributed by atoms with Crippen molar-refractivity contribution < 1.29 is 23.4 Å². The Labute approximate surface area is 157 Å². The van der Waals surface area contributed by atoms with Gasteiger partial charge >= 0.3 is 0 Å². The standard InChI is InChI=1S/C21H21NO5/c1-24-18-10-14(11-19(25-2)21(18)26-3)13-22-20(23)9-8-16-12-15-6-4-5-7-17(15)27-16/h4-12H,13H2,1-3H3,(H,22,23)/b9-8+. The highest BCUT2D eigenvalue weighted by Crippen LogP contribution is 2.38. The van der Waals surface area contributed by atoms with Crippen molar-refractivity contribution >= 4 is 23.0 Å². The molecule has 0 saturated carbocycles. The minimum absolute atomic E-state index is 0.232. The van der Waals surface area contributed by atoms with E-state index in [0.29, 0.717) is 29.6 Å². The van der Waals surface area contributed by atoms with Crippen molar-refractivity contribution in [3.8, 4) is 17.2 Å². The Hall–Kier alpha value is -3.41. The lowest BCUT2D eigenvalue weighted by Crippen LogP contribution is -2.20. The summed E-state index contributed by atoms with van der Waals surface area (Å²) < 4.78 is 21.6. The molecule has 1 N–H and O–H groups in total. The van der Waals surface area contributed by atoms with Crippen LogP contribution in [0.15, 0.2) is 53.0 Å². The summed E-state index contributed by atoms with van der Waals surface area (Å²) in [6, 6.07) is 13.2. The molecule has 0 fully saturated rings. The number of ether oxygens (including phenoxy) is 3. The van der Waals surface area contributed by atoms with Gasteiger partial charge in [0.15, 0.2) is 11.5 Å². The highest BCUT2D eigenvalue weighted by atomic mass is 16.5. The Bertz CT molecular complexity index is 916. The van der Waals surface area contributed by atoms with Crippen molar-refractivity contribution in [1.29, 1.82) is 0 Å². The molecule has 6 nitrogen and oxygen atoms in total. The van der Waals surface area contributed by atoms with E-state index in [-0.39, 0.29) is 5.91 Å². The number of amides is 1. The molecule has 27 heavy (non-hydrogen) atoms. The number of fused-ring (bicyclic) bond motifs is 1. The van der Waals surface area contributed by atoms with Gasteiger partial charge < -0.3 is 23.9 Å². The lowest BCUT2D eigenvalue weighted by atomic mass is 10.1. The van der Waals surface area contributed by atoms with Crippen LogP contribution in [0.1, 0.15) is 11.3 Å². The van der Waals surface area contributed by atoms with Crippen molar-refractivity contribution in [1.82, 2.24) is 5.32 Å². The fraction of sp³-hybridized carbons (Fsp3) is 0.190.